The van der Waals surface area contributed by atoms with Crippen LogP contribution in [0.5, 0.6) is 0 Å². The molecule has 4 nitrogen and oxygen atoms in total. The lowest BCUT2D eigenvalue weighted by Gasteiger charge is -2.15. The van der Waals surface area contributed by atoms with Crippen LogP contribution in [0, 0.1) is 11.3 Å². The Bertz CT molecular complexity index is 895. The van der Waals surface area contributed by atoms with E-state index in [1.165, 1.54) is 6.07 Å². The van der Waals surface area contributed by atoms with Gasteiger partial charge in [-0.15, -0.1) is 0 Å². The van der Waals surface area contributed by atoms with Crippen LogP contribution in [0.1, 0.15) is 16.8 Å². The largest absolute Gasteiger partial charge is 0.434 e. The van der Waals surface area contributed by atoms with Crippen LogP contribution in [-0.4, -0.2) is 9.55 Å². The summed E-state index contributed by atoms with van der Waals surface area (Å²) in [5, 5.41) is 8.28. The number of hydrogen-bond acceptors (Lipinski definition) is 3. The third-order valence-corrected chi connectivity index (χ3v) is 3.13. The standard InChI is InChI=1S/C13H4ClF6N3O/c14-8-2-7(12(15,16)17)1-6(3-21)11(8)23-5-9(13(18,19)20)22-4-10(23)24/h1-2,4-5H. The van der Waals surface area contributed by atoms with Gasteiger partial charge in [0.15, 0.2) is 5.69 Å². The van der Waals surface area contributed by atoms with Crippen molar-refractivity contribution in [1.29, 1.82) is 5.26 Å². The average Bonchev–Trinajstić information content (AvgIpc) is 2.45. The van der Waals surface area contributed by atoms with E-state index in [4.69, 9.17) is 16.9 Å². The van der Waals surface area contributed by atoms with Crippen molar-refractivity contribution < 1.29 is 26.3 Å². The van der Waals surface area contributed by atoms with E-state index in [1.807, 2.05) is 0 Å². The van der Waals surface area contributed by atoms with E-state index in [9.17, 15) is 31.1 Å². The Balaban J connectivity index is 2.79. The van der Waals surface area contributed by atoms with E-state index in [0.717, 1.165) is 0 Å². The number of nitriles is 1. The van der Waals surface area contributed by atoms with Crippen LogP contribution in [0.3, 0.4) is 0 Å². The predicted octanol–water partition coefficient (Wildman–Crippen LogP) is 3.80. The number of nitrogens with zero attached hydrogens (tertiary/aromatic N) is 3. The highest BCUT2D eigenvalue weighted by molar-refractivity contribution is 6.32. The van der Waals surface area contributed by atoms with Gasteiger partial charge in [0.2, 0.25) is 0 Å². The lowest BCUT2D eigenvalue weighted by molar-refractivity contribution is -0.141. The number of halogens is 7. The van der Waals surface area contributed by atoms with Crippen molar-refractivity contribution in [1.82, 2.24) is 9.55 Å². The summed E-state index contributed by atoms with van der Waals surface area (Å²) in [7, 11) is 0. The minimum Gasteiger partial charge on any atom is -0.278 e. The van der Waals surface area contributed by atoms with E-state index in [1.54, 1.807) is 0 Å². The topological polar surface area (TPSA) is 58.7 Å². The molecule has 126 valence electrons. The summed E-state index contributed by atoms with van der Waals surface area (Å²) in [6.07, 6.45) is -9.13. The molecule has 2 aromatic rings. The Hall–Kier alpha value is -2.54. The van der Waals surface area contributed by atoms with E-state index in [2.05, 4.69) is 4.98 Å². The van der Waals surface area contributed by atoms with Gasteiger partial charge in [-0.25, -0.2) is 4.98 Å². The fourth-order valence-electron chi connectivity index (χ4n) is 1.82. The number of hydrogen-bond donors (Lipinski definition) is 0. The van der Waals surface area contributed by atoms with Crippen LogP contribution >= 0.6 is 11.6 Å². The molecule has 0 N–H and O–H groups in total. The molecule has 0 aliphatic carbocycles. The van der Waals surface area contributed by atoms with Crippen LogP contribution < -0.4 is 5.56 Å². The highest BCUT2D eigenvalue weighted by Crippen LogP contribution is 2.35. The van der Waals surface area contributed by atoms with Gasteiger partial charge in [0, 0.05) is 6.20 Å². The summed E-state index contributed by atoms with van der Waals surface area (Å²) in [5.41, 5.74) is -5.14. The highest BCUT2D eigenvalue weighted by atomic mass is 35.5. The monoisotopic (exact) mass is 367 g/mol. The van der Waals surface area contributed by atoms with Crippen molar-refractivity contribution in [3.8, 4) is 11.8 Å². The molecule has 2 rings (SSSR count). The molecule has 0 spiro atoms. The molecule has 0 radical (unpaired) electrons. The number of alkyl halides is 6. The normalized spacial score (nSPS) is 12.1. The zero-order valence-corrected chi connectivity index (χ0v) is 12.0. The van der Waals surface area contributed by atoms with Gasteiger partial charge in [0.1, 0.15) is 6.07 Å². The summed E-state index contributed by atoms with van der Waals surface area (Å²) in [5.74, 6) is 0. The fourth-order valence-corrected chi connectivity index (χ4v) is 2.13. The van der Waals surface area contributed by atoms with Crippen molar-refractivity contribution in [2.24, 2.45) is 0 Å². The maximum Gasteiger partial charge on any atom is 0.434 e. The molecular formula is C13H4ClF6N3O. The Morgan fingerprint density at radius 2 is 1.75 bits per heavy atom. The minimum atomic E-state index is -4.90. The molecule has 11 heteroatoms. The van der Waals surface area contributed by atoms with Crippen LogP contribution in [0.2, 0.25) is 5.02 Å². The molecule has 0 aliphatic rings. The Kier molecular flexibility index (Phi) is 4.32. The SMILES string of the molecule is N#Cc1cc(C(F)(F)F)cc(Cl)c1-n1cc(C(F)(F)F)ncc1=O. The summed E-state index contributed by atoms with van der Waals surface area (Å²) in [4.78, 5) is 14.7. The van der Waals surface area contributed by atoms with Crippen LogP contribution in [-0.2, 0) is 12.4 Å². The third-order valence-electron chi connectivity index (χ3n) is 2.85. The van der Waals surface area contributed by atoms with Crippen molar-refractivity contribution in [2.75, 3.05) is 0 Å². The van der Waals surface area contributed by atoms with Gasteiger partial charge in [-0.3, -0.25) is 9.36 Å². The van der Waals surface area contributed by atoms with E-state index in [0.29, 0.717) is 22.9 Å². The molecule has 0 aliphatic heterocycles. The van der Waals surface area contributed by atoms with Crippen molar-refractivity contribution in [2.45, 2.75) is 12.4 Å². The maximum atomic E-state index is 12.7. The first kappa shape index (κ1) is 17.8. The molecule has 0 atom stereocenters. The first-order chi connectivity index (χ1) is 10.9. The van der Waals surface area contributed by atoms with Gasteiger partial charge < -0.3 is 0 Å². The molecule has 0 saturated heterocycles. The molecular weight excluding hydrogens is 364 g/mol. The molecule has 0 bridgehead atoms. The molecule has 24 heavy (non-hydrogen) atoms. The highest BCUT2D eigenvalue weighted by Gasteiger charge is 2.35. The summed E-state index contributed by atoms with van der Waals surface area (Å²) in [6, 6.07) is 2.19. The first-order valence-corrected chi connectivity index (χ1v) is 6.30. The molecule has 1 aromatic carbocycles. The molecule has 1 heterocycles. The zero-order valence-electron chi connectivity index (χ0n) is 11.2. The van der Waals surface area contributed by atoms with Gasteiger partial charge in [-0.05, 0) is 12.1 Å². The number of rotatable bonds is 1. The second-order valence-electron chi connectivity index (χ2n) is 4.44. The minimum absolute atomic E-state index is 0.262. The van der Waals surface area contributed by atoms with Gasteiger partial charge in [-0.1, -0.05) is 11.6 Å². The average molecular weight is 368 g/mol. The van der Waals surface area contributed by atoms with Gasteiger partial charge >= 0.3 is 12.4 Å². The summed E-state index contributed by atoms with van der Waals surface area (Å²) >= 11 is 5.68. The Morgan fingerprint density at radius 3 is 2.25 bits per heavy atom. The molecule has 0 amide bonds. The second-order valence-corrected chi connectivity index (χ2v) is 4.85. The third kappa shape index (κ3) is 3.35. The van der Waals surface area contributed by atoms with Crippen molar-refractivity contribution in [3.05, 3.63) is 56.7 Å². The Labute approximate surface area is 134 Å². The zero-order chi connectivity index (χ0) is 18.3. The molecule has 1 aromatic heterocycles. The fraction of sp³-hybridized carbons (Fsp3) is 0.154. The van der Waals surface area contributed by atoms with Gasteiger partial charge in [0.05, 0.1) is 28.0 Å². The molecule has 0 unspecified atom stereocenters. The first-order valence-electron chi connectivity index (χ1n) is 5.92. The van der Waals surface area contributed by atoms with Gasteiger partial charge in [-0.2, -0.15) is 31.6 Å². The smallest absolute Gasteiger partial charge is 0.278 e. The van der Waals surface area contributed by atoms with Crippen LogP contribution in [0.15, 0.2) is 29.3 Å². The second kappa shape index (κ2) is 5.83. The lowest BCUT2D eigenvalue weighted by Crippen LogP contribution is -2.23. The van der Waals surface area contributed by atoms with Crippen molar-refractivity contribution in [3.63, 3.8) is 0 Å². The van der Waals surface area contributed by atoms with Crippen LogP contribution in [0.4, 0.5) is 26.3 Å². The van der Waals surface area contributed by atoms with E-state index < -0.39 is 45.4 Å². The number of aromatic nitrogens is 2. The Morgan fingerprint density at radius 1 is 1.12 bits per heavy atom. The molecule has 0 saturated carbocycles. The van der Waals surface area contributed by atoms with Gasteiger partial charge in [0.25, 0.3) is 5.56 Å². The van der Waals surface area contributed by atoms with E-state index in [-0.39, 0.29) is 6.20 Å². The quantitative estimate of drug-likeness (QED) is 0.720. The maximum absolute atomic E-state index is 12.7. The lowest BCUT2D eigenvalue weighted by atomic mass is 10.1. The summed E-state index contributed by atoms with van der Waals surface area (Å²) in [6.45, 7) is 0. The molecule has 0 fully saturated rings. The predicted molar refractivity (Wildman–Crippen MR) is 69.6 cm³/mol. The van der Waals surface area contributed by atoms with Crippen LogP contribution in [0.25, 0.3) is 5.69 Å². The number of benzene rings is 1. The van der Waals surface area contributed by atoms with Crippen molar-refractivity contribution >= 4 is 11.6 Å². The summed E-state index contributed by atoms with van der Waals surface area (Å²) < 4.78 is 76.6. The van der Waals surface area contributed by atoms with E-state index >= 15 is 0 Å².